The molecule has 0 radical (unpaired) electrons. The first-order valence-electron chi connectivity index (χ1n) is 8.55. The molecule has 2 aliphatic heterocycles. The fourth-order valence-corrected chi connectivity index (χ4v) is 4.34. The SMILES string of the molecule is [N-]=[N+]=N[C@H]1C[C@H]2C(=NC3CCCC3)Nc3ccccc3C(=S)N2C1. The Morgan fingerprint density at radius 2 is 2.00 bits per heavy atom. The summed E-state index contributed by atoms with van der Waals surface area (Å²) in [6.07, 6.45) is 5.59. The van der Waals surface area contributed by atoms with E-state index in [0.717, 1.165) is 41.3 Å². The van der Waals surface area contributed by atoms with E-state index in [-0.39, 0.29) is 12.1 Å². The lowest BCUT2D eigenvalue weighted by atomic mass is 10.1. The van der Waals surface area contributed by atoms with Crippen LogP contribution >= 0.6 is 12.2 Å². The van der Waals surface area contributed by atoms with Gasteiger partial charge in [-0.05, 0) is 36.9 Å². The number of hydrogen-bond donors (Lipinski definition) is 1. The maximum Gasteiger partial charge on any atom is 0.124 e. The molecule has 0 aromatic heterocycles. The average molecular weight is 340 g/mol. The molecule has 1 aromatic carbocycles. The van der Waals surface area contributed by atoms with Crippen LogP contribution in [0, 0.1) is 0 Å². The summed E-state index contributed by atoms with van der Waals surface area (Å²) in [6.45, 7) is 0.660. The van der Waals surface area contributed by atoms with Gasteiger partial charge in [0.15, 0.2) is 0 Å². The minimum atomic E-state index is -0.0567. The van der Waals surface area contributed by atoms with Crippen LogP contribution in [0.15, 0.2) is 34.4 Å². The molecule has 1 N–H and O–H groups in total. The first kappa shape index (κ1) is 15.4. The van der Waals surface area contributed by atoms with E-state index >= 15 is 0 Å². The van der Waals surface area contributed by atoms with Crippen molar-refractivity contribution in [1.82, 2.24) is 4.90 Å². The Kier molecular flexibility index (Phi) is 4.12. The Morgan fingerprint density at radius 3 is 2.79 bits per heavy atom. The van der Waals surface area contributed by atoms with E-state index in [9.17, 15) is 0 Å². The monoisotopic (exact) mass is 340 g/mol. The van der Waals surface area contributed by atoms with Gasteiger partial charge in [0.25, 0.3) is 0 Å². The Labute approximate surface area is 146 Å². The number of nitrogens with zero attached hydrogens (tertiary/aromatic N) is 5. The van der Waals surface area contributed by atoms with Crippen LogP contribution in [0.5, 0.6) is 0 Å². The number of anilines is 1. The van der Waals surface area contributed by atoms with Gasteiger partial charge in [-0.25, -0.2) is 0 Å². The molecule has 124 valence electrons. The molecule has 1 saturated carbocycles. The van der Waals surface area contributed by atoms with E-state index < -0.39 is 0 Å². The number of para-hydroxylation sites is 1. The summed E-state index contributed by atoms with van der Waals surface area (Å²) in [6, 6.07) is 8.52. The topological polar surface area (TPSA) is 76.4 Å². The van der Waals surface area contributed by atoms with Gasteiger partial charge in [0.2, 0.25) is 0 Å². The van der Waals surface area contributed by atoms with Gasteiger partial charge >= 0.3 is 0 Å². The third-order valence-corrected chi connectivity index (χ3v) is 5.59. The molecular weight excluding hydrogens is 320 g/mol. The normalized spacial score (nSPS) is 28.1. The summed E-state index contributed by atoms with van der Waals surface area (Å²) < 4.78 is 0. The first-order valence-corrected chi connectivity index (χ1v) is 8.96. The summed E-state index contributed by atoms with van der Waals surface area (Å²) >= 11 is 5.75. The molecule has 0 spiro atoms. The summed E-state index contributed by atoms with van der Waals surface area (Å²) in [5.74, 6) is 0.977. The van der Waals surface area contributed by atoms with Gasteiger partial charge in [-0.1, -0.05) is 42.3 Å². The van der Waals surface area contributed by atoms with E-state index in [1.165, 1.54) is 12.8 Å². The quantitative estimate of drug-likeness (QED) is 0.384. The van der Waals surface area contributed by atoms with Crippen LogP contribution < -0.4 is 5.32 Å². The minimum Gasteiger partial charge on any atom is -0.352 e. The van der Waals surface area contributed by atoms with Crippen LogP contribution in [0.4, 0.5) is 5.69 Å². The highest BCUT2D eigenvalue weighted by Gasteiger charge is 2.39. The van der Waals surface area contributed by atoms with Gasteiger partial charge in [-0.15, -0.1) is 0 Å². The van der Waals surface area contributed by atoms with Crippen molar-refractivity contribution in [3.05, 3.63) is 40.3 Å². The second-order valence-electron chi connectivity index (χ2n) is 6.69. The third-order valence-electron chi connectivity index (χ3n) is 5.14. The molecule has 1 aromatic rings. The zero-order valence-electron chi connectivity index (χ0n) is 13.4. The fourth-order valence-electron chi connectivity index (χ4n) is 3.96. The minimum absolute atomic E-state index is 0.0567. The molecule has 3 aliphatic rings. The molecule has 6 nitrogen and oxygen atoms in total. The second-order valence-corrected chi connectivity index (χ2v) is 7.08. The van der Waals surface area contributed by atoms with Crippen LogP contribution in [0.1, 0.15) is 37.7 Å². The van der Waals surface area contributed by atoms with Gasteiger partial charge in [0, 0.05) is 22.7 Å². The lowest BCUT2D eigenvalue weighted by molar-refractivity contribution is 0.471. The molecule has 7 heteroatoms. The van der Waals surface area contributed by atoms with Crippen molar-refractivity contribution >= 4 is 28.7 Å². The van der Waals surface area contributed by atoms with E-state index in [2.05, 4.69) is 26.3 Å². The molecule has 2 heterocycles. The smallest absolute Gasteiger partial charge is 0.124 e. The highest BCUT2D eigenvalue weighted by molar-refractivity contribution is 7.80. The Hall–Kier alpha value is -2.11. The molecule has 0 bridgehead atoms. The number of fused-ring (bicyclic) bond motifs is 2. The number of azide groups is 1. The van der Waals surface area contributed by atoms with Crippen molar-refractivity contribution in [2.45, 2.75) is 50.2 Å². The van der Waals surface area contributed by atoms with Crippen molar-refractivity contribution in [1.29, 1.82) is 0 Å². The molecule has 24 heavy (non-hydrogen) atoms. The molecule has 0 amide bonds. The lowest BCUT2D eigenvalue weighted by Gasteiger charge is -2.25. The van der Waals surface area contributed by atoms with Crippen LogP contribution in [0.25, 0.3) is 10.4 Å². The van der Waals surface area contributed by atoms with E-state index in [1.54, 1.807) is 0 Å². The molecular formula is C17H20N6S. The second kappa shape index (κ2) is 6.42. The highest BCUT2D eigenvalue weighted by Crippen LogP contribution is 2.32. The highest BCUT2D eigenvalue weighted by atomic mass is 32.1. The fraction of sp³-hybridized carbons (Fsp3) is 0.529. The van der Waals surface area contributed by atoms with Crippen LogP contribution in [0.2, 0.25) is 0 Å². The maximum absolute atomic E-state index is 8.80. The predicted molar refractivity (Wildman–Crippen MR) is 99.5 cm³/mol. The standard InChI is InChI=1S/C17H20N6S/c18-22-21-12-9-15-16(19-11-5-1-2-6-11)20-14-8-4-3-7-13(14)17(24)23(15)10-12/h3-4,7-8,11-12,15H,1-2,5-6,9-10H2,(H,19,20)/t12-,15-/m0/s1. The van der Waals surface area contributed by atoms with Crippen molar-refractivity contribution < 1.29 is 0 Å². The Balaban J connectivity index is 1.75. The molecule has 1 aliphatic carbocycles. The van der Waals surface area contributed by atoms with E-state index in [1.807, 2.05) is 18.2 Å². The number of hydrogen-bond acceptors (Lipinski definition) is 3. The van der Waals surface area contributed by atoms with Gasteiger partial charge in [0.05, 0.1) is 18.1 Å². The predicted octanol–water partition coefficient (Wildman–Crippen LogP) is 3.88. The van der Waals surface area contributed by atoms with Crippen LogP contribution in [-0.4, -0.2) is 40.4 Å². The van der Waals surface area contributed by atoms with Gasteiger partial charge in [0.1, 0.15) is 10.8 Å². The van der Waals surface area contributed by atoms with E-state index in [0.29, 0.717) is 12.6 Å². The largest absolute Gasteiger partial charge is 0.352 e. The summed E-state index contributed by atoms with van der Waals surface area (Å²) in [4.78, 5) is 11.0. The summed E-state index contributed by atoms with van der Waals surface area (Å²) in [5, 5.41) is 7.47. The van der Waals surface area contributed by atoms with Crippen molar-refractivity contribution in [2.75, 3.05) is 11.9 Å². The number of nitrogens with one attached hydrogen (secondary N) is 1. The van der Waals surface area contributed by atoms with Crippen LogP contribution in [-0.2, 0) is 0 Å². The molecule has 2 atom stereocenters. The molecule has 4 rings (SSSR count). The number of amidine groups is 1. The molecule has 2 fully saturated rings. The van der Waals surface area contributed by atoms with Gasteiger partial charge in [-0.3, -0.25) is 4.99 Å². The van der Waals surface area contributed by atoms with Crippen molar-refractivity contribution in [3.63, 3.8) is 0 Å². The maximum atomic E-state index is 8.80. The third kappa shape index (κ3) is 2.74. The Bertz CT molecular complexity index is 732. The first-order chi connectivity index (χ1) is 11.8. The lowest BCUT2D eigenvalue weighted by Crippen LogP contribution is -2.40. The van der Waals surface area contributed by atoms with Gasteiger partial charge in [-0.2, -0.15) is 0 Å². The average Bonchev–Trinajstić information content (AvgIpc) is 3.22. The zero-order chi connectivity index (χ0) is 16.5. The number of rotatable bonds is 2. The van der Waals surface area contributed by atoms with Crippen molar-refractivity contribution in [3.8, 4) is 0 Å². The number of benzene rings is 1. The zero-order valence-corrected chi connectivity index (χ0v) is 14.2. The van der Waals surface area contributed by atoms with Crippen LogP contribution in [0.3, 0.4) is 0 Å². The molecule has 0 unspecified atom stereocenters. The molecule has 1 saturated heterocycles. The number of aliphatic imine (C=N–C) groups is 1. The van der Waals surface area contributed by atoms with Gasteiger partial charge < -0.3 is 10.2 Å². The van der Waals surface area contributed by atoms with Crippen molar-refractivity contribution in [2.24, 2.45) is 10.1 Å². The summed E-state index contributed by atoms with van der Waals surface area (Å²) in [7, 11) is 0. The van der Waals surface area contributed by atoms with E-state index in [4.69, 9.17) is 22.7 Å². The Morgan fingerprint density at radius 1 is 1.21 bits per heavy atom. The summed E-state index contributed by atoms with van der Waals surface area (Å²) in [5.41, 5.74) is 10.8. The number of thiocarbonyl (C=S) groups is 1.